The van der Waals surface area contributed by atoms with Crippen molar-refractivity contribution in [3.05, 3.63) is 23.8 Å². The summed E-state index contributed by atoms with van der Waals surface area (Å²) in [5, 5.41) is 11.4. The summed E-state index contributed by atoms with van der Waals surface area (Å²) >= 11 is 0. The molecule has 0 heterocycles. The van der Waals surface area contributed by atoms with Gasteiger partial charge in [-0.3, -0.25) is 19.2 Å². The van der Waals surface area contributed by atoms with Crippen LogP contribution in [0.5, 0.6) is 0 Å². The van der Waals surface area contributed by atoms with E-state index in [0.29, 0.717) is 24.8 Å². The van der Waals surface area contributed by atoms with Gasteiger partial charge < -0.3 is 14.6 Å². The third-order valence-corrected chi connectivity index (χ3v) is 9.75. The molecule has 0 saturated heterocycles. The van der Waals surface area contributed by atoms with Crippen molar-refractivity contribution in [3.8, 4) is 0 Å². The summed E-state index contributed by atoms with van der Waals surface area (Å²) in [5.74, 6) is -4.46. The van der Waals surface area contributed by atoms with Crippen molar-refractivity contribution in [1.82, 2.24) is 0 Å². The average molecular weight is 509 g/mol. The van der Waals surface area contributed by atoms with E-state index in [-0.39, 0.29) is 25.0 Å². The minimum Gasteiger partial charge on any atom is -0.469 e. The fourth-order valence-corrected chi connectivity index (χ4v) is 8.03. The third-order valence-electron chi connectivity index (χ3n) is 9.75. The van der Waals surface area contributed by atoms with Crippen molar-refractivity contribution in [1.29, 1.82) is 0 Å². The Bertz CT molecular complexity index is 1050. The molecule has 8 atom stereocenters. The Morgan fingerprint density at radius 3 is 2.47 bits per heavy atom. The maximum atomic E-state index is 17.3. The van der Waals surface area contributed by atoms with E-state index in [1.54, 1.807) is 20.8 Å². The van der Waals surface area contributed by atoms with Crippen LogP contribution in [0, 0.1) is 28.6 Å². The largest absolute Gasteiger partial charge is 0.469 e. The lowest BCUT2D eigenvalue weighted by Gasteiger charge is -2.62. The minimum absolute atomic E-state index is 0.222. The molecule has 0 amide bonds. The van der Waals surface area contributed by atoms with Crippen LogP contribution in [0.25, 0.3) is 0 Å². The summed E-state index contributed by atoms with van der Waals surface area (Å²) in [6.45, 7) is 3.67. The molecule has 4 aliphatic rings. The monoisotopic (exact) mass is 508 g/mol. The van der Waals surface area contributed by atoms with Crippen LogP contribution in [0.4, 0.5) is 8.78 Å². The van der Waals surface area contributed by atoms with Gasteiger partial charge in [0.1, 0.15) is 0 Å². The van der Waals surface area contributed by atoms with E-state index in [2.05, 4.69) is 4.74 Å². The maximum absolute atomic E-state index is 17.3. The highest BCUT2D eigenvalue weighted by molar-refractivity contribution is 6.01. The Hall–Kier alpha value is -2.42. The number of ether oxygens (including phenoxy) is 2. The molecule has 3 saturated carbocycles. The lowest BCUT2D eigenvalue weighted by molar-refractivity contribution is -0.228. The first-order valence-electron chi connectivity index (χ1n) is 12.5. The summed E-state index contributed by atoms with van der Waals surface area (Å²) in [4.78, 5) is 49.6. The molecule has 7 nitrogen and oxygen atoms in total. The SMILES string of the molecule is COC(=O)CCC(=O)O[C@]1(C(=O)CF)C(C)C[C@H]2[C@@H]3CCC4=CC(=O)C=C[C@]4(C)[C@@]3(F)C(O)C[C@@]21C. The van der Waals surface area contributed by atoms with Crippen molar-refractivity contribution in [2.24, 2.45) is 28.6 Å². The van der Waals surface area contributed by atoms with Gasteiger partial charge in [-0.1, -0.05) is 25.5 Å². The number of aliphatic hydroxyl groups is 1. The number of carbonyl (C=O) groups is 4. The average Bonchev–Trinajstić information content (AvgIpc) is 3.05. The number of ketones is 2. The van der Waals surface area contributed by atoms with E-state index < -0.39 is 70.4 Å². The molecule has 4 aliphatic carbocycles. The van der Waals surface area contributed by atoms with Crippen LogP contribution in [0.2, 0.25) is 0 Å². The number of aliphatic hydroxyl groups excluding tert-OH is 1. The molecule has 4 rings (SSSR count). The molecule has 0 aromatic heterocycles. The second-order valence-electron chi connectivity index (χ2n) is 11.2. The molecule has 0 aliphatic heterocycles. The van der Waals surface area contributed by atoms with Gasteiger partial charge in [-0.25, -0.2) is 8.78 Å². The molecule has 1 N–H and O–H groups in total. The number of Topliss-reactive ketones (excluding diaryl/α,β-unsaturated/α-hetero) is 1. The van der Waals surface area contributed by atoms with E-state index >= 15 is 4.39 Å². The van der Waals surface area contributed by atoms with Crippen LogP contribution in [0.3, 0.4) is 0 Å². The number of methoxy groups -OCH3 is 1. The Balaban J connectivity index is 1.76. The number of allylic oxidation sites excluding steroid dienone is 4. The summed E-state index contributed by atoms with van der Waals surface area (Å²) in [6.07, 6.45) is 2.98. The molecule has 0 aromatic rings. The molecule has 0 aromatic carbocycles. The van der Waals surface area contributed by atoms with Crippen molar-refractivity contribution in [3.63, 3.8) is 0 Å². The van der Waals surface area contributed by atoms with Gasteiger partial charge >= 0.3 is 11.9 Å². The topological polar surface area (TPSA) is 107 Å². The molecule has 3 fully saturated rings. The van der Waals surface area contributed by atoms with Crippen LogP contribution in [-0.4, -0.2) is 59.8 Å². The number of carbonyl (C=O) groups excluding carboxylic acids is 4. The molecule has 0 radical (unpaired) electrons. The van der Waals surface area contributed by atoms with E-state index in [4.69, 9.17) is 4.74 Å². The van der Waals surface area contributed by atoms with Crippen LogP contribution in [-0.2, 0) is 28.7 Å². The van der Waals surface area contributed by atoms with Gasteiger partial charge in [0.05, 0.1) is 26.1 Å². The second-order valence-corrected chi connectivity index (χ2v) is 11.2. The standard InChI is InChI=1S/C27H34F2O7/c1-15-11-19-18-6-5-16-12-17(30)9-10-24(16,2)26(18,29)20(31)13-25(19,3)27(15,21(32)14-28)36-23(34)8-7-22(33)35-4/h9-10,12,15,18-20,31H,5-8,11,13-14H2,1-4H3/t15?,18-,19-,20?,24-,25-,26-,27-/m0/s1. The van der Waals surface area contributed by atoms with Gasteiger partial charge in [0.2, 0.25) is 5.78 Å². The zero-order chi connectivity index (χ0) is 26.7. The van der Waals surface area contributed by atoms with Gasteiger partial charge in [-0.05, 0) is 50.7 Å². The number of halogens is 2. The van der Waals surface area contributed by atoms with Gasteiger partial charge in [0, 0.05) is 22.7 Å². The van der Waals surface area contributed by atoms with Gasteiger partial charge in [-0.2, -0.15) is 0 Å². The second kappa shape index (κ2) is 8.85. The molecule has 198 valence electrons. The predicted molar refractivity (Wildman–Crippen MR) is 124 cm³/mol. The van der Waals surface area contributed by atoms with Crippen LogP contribution >= 0.6 is 0 Å². The Labute approximate surface area is 209 Å². The zero-order valence-electron chi connectivity index (χ0n) is 21.1. The highest BCUT2D eigenvalue weighted by Gasteiger charge is 2.77. The lowest BCUT2D eigenvalue weighted by atomic mass is 9.44. The molecule has 0 spiro atoms. The summed E-state index contributed by atoms with van der Waals surface area (Å²) in [6, 6.07) is 0. The zero-order valence-corrected chi connectivity index (χ0v) is 21.1. The third kappa shape index (κ3) is 3.37. The quantitative estimate of drug-likeness (QED) is 0.548. The number of rotatable bonds is 6. The Morgan fingerprint density at radius 2 is 1.83 bits per heavy atom. The first kappa shape index (κ1) is 26.6. The van der Waals surface area contributed by atoms with Crippen molar-refractivity contribution < 1.29 is 42.5 Å². The van der Waals surface area contributed by atoms with Crippen LogP contribution in [0.15, 0.2) is 23.8 Å². The fraction of sp³-hybridized carbons (Fsp3) is 0.704. The first-order valence-corrected chi connectivity index (χ1v) is 12.5. The van der Waals surface area contributed by atoms with Crippen molar-refractivity contribution in [2.45, 2.75) is 76.7 Å². The van der Waals surface area contributed by atoms with Crippen LogP contribution < -0.4 is 0 Å². The molecular weight excluding hydrogens is 474 g/mol. The lowest BCUT2D eigenvalue weighted by Crippen LogP contribution is -2.70. The summed E-state index contributed by atoms with van der Waals surface area (Å²) < 4.78 is 41.7. The summed E-state index contributed by atoms with van der Waals surface area (Å²) in [5.41, 5.74) is -5.84. The van der Waals surface area contributed by atoms with Gasteiger partial charge in [0.15, 0.2) is 23.7 Å². The number of hydrogen-bond acceptors (Lipinski definition) is 7. The smallest absolute Gasteiger partial charge is 0.307 e. The van der Waals surface area contributed by atoms with Gasteiger partial charge in [0.25, 0.3) is 0 Å². The highest BCUT2D eigenvalue weighted by atomic mass is 19.1. The fourth-order valence-electron chi connectivity index (χ4n) is 8.03. The maximum Gasteiger partial charge on any atom is 0.307 e. The molecule has 2 unspecified atom stereocenters. The number of esters is 2. The molecular formula is C27H34F2O7. The van der Waals surface area contributed by atoms with Crippen molar-refractivity contribution in [2.75, 3.05) is 13.8 Å². The van der Waals surface area contributed by atoms with E-state index in [9.17, 15) is 28.7 Å². The molecule has 36 heavy (non-hydrogen) atoms. The first-order chi connectivity index (χ1) is 16.8. The molecule has 9 heteroatoms. The van der Waals surface area contributed by atoms with Gasteiger partial charge in [-0.15, -0.1) is 0 Å². The normalized spacial score (nSPS) is 43.1. The highest BCUT2D eigenvalue weighted by Crippen LogP contribution is 2.71. The Kier molecular flexibility index (Phi) is 6.55. The van der Waals surface area contributed by atoms with Crippen LogP contribution in [0.1, 0.15) is 59.3 Å². The van der Waals surface area contributed by atoms with E-state index in [1.165, 1.54) is 25.3 Å². The predicted octanol–water partition coefficient (Wildman–Crippen LogP) is 3.38. The number of hydrogen-bond donors (Lipinski definition) is 1. The minimum atomic E-state index is -2.12. The van der Waals surface area contributed by atoms with E-state index in [1.807, 2.05) is 0 Å². The number of alkyl halides is 2. The van der Waals surface area contributed by atoms with E-state index in [0.717, 1.165) is 0 Å². The Morgan fingerprint density at radius 1 is 1.17 bits per heavy atom. The number of fused-ring (bicyclic) bond motifs is 5. The molecule has 0 bridgehead atoms. The van der Waals surface area contributed by atoms with Crippen molar-refractivity contribution >= 4 is 23.5 Å². The summed E-state index contributed by atoms with van der Waals surface area (Å²) in [7, 11) is 1.18.